The summed E-state index contributed by atoms with van der Waals surface area (Å²) in [5, 5.41) is 8.72. The molecule has 0 spiro atoms. The summed E-state index contributed by atoms with van der Waals surface area (Å²) in [4.78, 5) is 22.7. The van der Waals surface area contributed by atoms with Crippen molar-refractivity contribution in [3.63, 3.8) is 0 Å². The molecule has 2 aromatic heterocycles. The van der Waals surface area contributed by atoms with Gasteiger partial charge in [-0.15, -0.1) is 5.10 Å². The topological polar surface area (TPSA) is 76.8 Å². The van der Waals surface area contributed by atoms with E-state index in [2.05, 4.69) is 26.5 Å². The van der Waals surface area contributed by atoms with Crippen molar-refractivity contribution in [1.82, 2.24) is 29.9 Å². The number of hydrogen-bond donors (Lipinski definition) is 0. The lowest BCUT2D eigenvalue weighted by Gasteiger charge is -2.31. The van der Waals surface area contributed by atoms with Crippen molar-refractivity contribution in [1.29, 1.82) is 0 Å². The molecule has 1 aliphatic carbocycles. The van der Waals surface area contributed by atoms with Gasteiger partial charge in [0.1, 0.15) is 5.82 Å². The summed E-state index contributed by atoms with van der Waals surface area (Å²) in [6, 6.07) is 0. The highest BCUT2D eigenvalue weighted by Gasteiger charge is 2.25. The Hall–Kier alpha value is -2.31. The SMILES string of the molecule is Cc1ncc(C(=O)N2CCC(Cn3cc(C4CCCC4)nn3)CC2)cn1. The molecule has 7 heteroatoms. The lowest BCUT2D eigenvalue weighted by molar-refractivity contribution is 0.0680. The van der Waals surface area contributed by atoms with Crippen LogP contribution in [0.15, 0.2) is 18.6 Å². The molecule has 7 nitrogen and oxygen atoms in total. The number of amides is 1. The number of piperidine rings is 1. The molecule has 138 valence electrons. The quantitative estimate of drug-likeness (QED) is 0.843. The number of nitrogens with zero attached hydrogens (tertiary/aromatic N) is 6. The summed E-state index contributed by atoms with van der Waals surface area (Å²) in [6.45, 7) is 4.28. The van der Waals surface area contributed by atoms with Crippen LogP contribution in [0, 0.1) is 12.8 Å². The Morgan fingerprint density at radius 1 is 1.12 bits per heavy atom. The van der Waals surface area contributed by atoms with E-state index in [1.807, 2.05) is 16.5 Å². The van der Waals surface area contributed by atoms with E-state index in [9.17, 15) is 4.79 Å². The molecule has 0 atom stereocenters. The minimum Gasteiger partial charge on any atom is -0.339 e. The fourth-order valence-electron chi connectivity index (χ4n) is 4.08. The number of aromatic nitrogens is 5. The van der Waals surface area contributed by atoms with Crippen LogP contribution in [-0.4, -0.2) is 48.9 Å². The first-order valence-electron chi connectivity index (χ1n) is 9.67. The van der Waals surface area contributed by atoms with E-state index in [0.29, 0.717) is 23.2 Å². The van der Waals surface area contributed by atoms with Crippen LogP contribution in [0.2, 0.25) is 0 Å². The molecule has 2 aromatic rings. The molecule has 1 amide bonds. The van der Waals surface area contributed by atoms with E-state index in [1.54, 1.807) is 12.4 Å². The second-order valence-electron chi connectivity index (χ2n) is 7.60. The number of hydrogen-bond acceptors (Lipinski definition) is 5. The normalized spacial score (nSPS) is 19.2. The number of rotatable bonds is 4. The van der Waals surface area contributed by atoms with Crippen LogP contribution in [0.1, 0.15) is 66.3 Å². The van der Waals surface area contributed by atoms with Gasteiger partial charge in [-0.1, -0.05) is 18.1 Å². The minimum absolute atomic E-state index is 0.0349. The summed E-state index contributed by atoms with van der Waals surface area (Å²) in [5.74, 6) is 1.88. The summed E-state index contributed by atoms with van der Waals surface area (Å²) in [5.41, 5.74) is 1.74. The summed E-state index contributed by atoms with van der Waals surface area (Å²) < 4.78 is 2.00. The van der Waals surface area contributed by atoms with E-state index in [-0.39, 0.29) is 5.91 Å². The fourth-order valence-corrected chi connectivity index (χ4v) is 4.08. The van der Waals surface area contributed by atoms with Gasteiger partial charge in [-0.05, 0) is 38.5 Å². The second kappa shape index (κ2) is 7.51. The van der Waals surface area contributed by atoms with Crippen LogP contribution < -0.4 is 0 Å². The molecule has 2 aliphatic rings. The lowest BCUT2D eigenvalue weighted by atomic mass is 9.96. The first-order valence-corrected chi connectivity index (χ1v) is 9.67. The maximum absolute atomic E-state index is 12.5. The standard InChI is InChI=1S/C19H26N6O/c1-14-20-10-17(11-21-14)19(26)24-8-6-15(7-9-24)12-25-13-18(22-23-25)16-4-2-3-5-16/h10-11,13,15-16H,2-9,12H2,1H3. The number of carbonyl (C=O) groups excluding carboxylic acids is 1. The van der Waals surface area contributed by atoms with Crippen LogP contribution >= 0.6 is 0 Å². The molecule has 0 bridgehead atoms. The molecule has 3 heterocycles. The predicted molar refractivity (Wildman–Crippen MR) is 96.6 cm³/mol. The van der Waals surface area contributed by atoms with Gasteiger partial charge in [0.2, 0.25) is 0 Å². The molecule has 2 fully saturated rings. The Bertz CT molecular complexity index is 742. The molecule has 26 heavy (non-hydrogen) atoms. The van der Waals surface area contributed by atoms with Crippen molar-refractivity contribution in [2.45, 2.75) is 57.9 Å². The van der Waals surface area contributed by atoms with Gasteiger partial charge in [-0.2, -0.15) is 0 Å². The maximum atomic E-state index is 12.5. The molecule has 1 saturated heterocycles. The number of likely N-dealkylation sites (tertiary alicyclic amines) is 1. The lowest BCUT2D eigenvalue weighted by Crippen LogP contribution is -2.39. The van der Waals surface area contributed by atoms with Crippen LogP contribution in [0.3, 0.4) is 0 Å². The molecule has 1 aliphatic heterocycles. The van der Waals surface area contributed by atoms with Crippen molar-refractivity contribution < 1.29 is 4.79 Å². The van der Waals surface area contributed by atoms with Crippen molar-refractivity contribution in [2.75, 3.05) is 13.1 Å². The Kier molecular flexibility index (Phi) is 4.95. The summed E-state index contributed by atoms with van der Waals surface area (Å²) in [6.07, 6.45) is 12.5. The monoisotopic (exact) mass is 354 g/mol. The third kappa shape index (κ3) is 3.76. The van der Waals surface area contributed by atoms with Crippen LogP contribution in [-0.2, 0) is 6.54 Å². The van der Waals surface area contributed by atoms with Crippen molar-refractivity contribution in [3.8, 4) is 0 Å². The van der Waals surface area contributed by atoms with Gasteiger partial charge < -0.3 is 4.90 Å². The van der Waals surface area contributed by atoms with Gasteiger partial charge in [-0.25, -0.2) is 9.97 Å². The smallest absolute Gasteiger partial charge is 0.256 e. The third-order valence-electron chi connectivity index (χ3n) is 5.70. The van der Waals surface area contributed by atoms with Crippen LogP contribution in [0.5, 0.6) is 0 Å². The average Bonchev–Trinajstić information content (AvgIpc) is 3.34. The number of aryl methyl sites for hydroxylation is 1. The molecule has 1 saturated carbocycles. The Balaban J connectivity index is 1.29. The highest BCUT2D eigenvalue weighted by atomic mass is 16.2. The fraction of sp³-hybridized carbons (Fsp3) is 0.632. The highest BCUT2D eigenvalue weighted by Crippen LogP contribution is 2.32. The summed E-state index contributed by atoms with van der Waals surface area (Å²) >= 11 is 0. The maximum Gasteiger partial charge on any atom is 0.256 e. The van der Waals surface area contributed by atoms with Gasteiger partial charge in [0, 0.05) is 44.1 Å². The van der Waals surface area contributed by atoms with Crippen molar-refractivity contribution in [3.05, 3.63) is 35.7 Å². The average molecular weight is 354 g/mol. The van der Waals surface area contributed by atoms with Gasteiger partial charge in [0.15, 0.2) is 0 Å². The largest absolute Gasteiger partial charge is 0.339 e. The van der Waals surface area contributed by atoms with Gasteiger partial charge in [0.05, 0.1) is 11.3 Å². The van der Waals surface area contributed by atoms with Crippen LogP contribution in [0.4, 0.5) is 0 Å². The zero-order chi connectivity index (χ0) is 17.9. The first-order chi connectivity index (χ1) is 12.7. The minimum atomic E-state index is 0.0349. The molecule has 0 aromatic carbocycles. The van der Waals surface area contributed by atoms with E-state index in [1.165, 1.54) is 25.7 Å². The van der Waals surface area contributed by atoms with Crippen molar-refractivity contribution >= 4 is 5.91 Å². The van der Waals surface area contributed by atoms with E-state index in [4.69, 9.17) is 0 Å². The Morgan fingerprint density at radius 3 is 2.50 bits per heavy atom. The van der Waals surface area contributed by atoms with E-state index in [0.717, 1.165) is 38.2 Å². The van der Waals surface area contributed by atoms with Gasteiger partial charge >= 0.3 is 0 Å². The zero-order valence-corrected chi connectivity index (χ0v) is 15.3. The predicted octanol–water partition coefficient (Wildman–Crippen LogP) is 2.59. The van der Waals surface area contributed by atoms with Gasteiger partial charge in [-0.3, -0.25) is 9.48 Å². The second-order valence-corrected chi connectivity index (χ2v) is 7.60. The van der Waals surface area contributed by atoms with E-state index >= 15 is 0 Å². The molecule has 4 rings (SSSR count). The molecule has 0 radical (unpaired) electrons. The van der Waals surface area contributed by atoms with Crippen molar-refractivity contribution in [2.24, 2.45) is 5.92 Å². The van der Waals surface area contributed by atoms with E-state index < -0.39 is 0 Å². The Labute approximate surface area is 153 Å². The van der Waals surface area contributed by atoms with Crippen LogP contribution in [0.25, 0.3) is 0 Å². The zero-order valence-electron chi connectivity index (χ0n) is 15.3. The number of carbonyl (C=O) groups is 1. The molecular formula is C19H26N6O. The first kappa shape index (κ1) is 17.1. The third-order valence-corrected chi connectivity index (χ3v) is 5.70. The highest BCUT2D eigenvalue weighted by molar-refractivity contribution is 5.93. The van der Waals surface area contributed by atoms with Gasteiger partial charge in [0.25, 0.3) is 5.91 Å². The molecule has 0 N–H and O–H groups in total. The summed E-state index contributed by atoms with van der Waals surface area (Å²) in [7, 11) is 0. The Morgan fingerprint density at radius 2 is 1.81 bits per heavy atom. The molecule has 0 unspecified atom stereocenters. The molecular weight excluding hydrogens is 328 g/mol.